The molecule has 0 aliphatic heterocycles. The number of benzene rings is 3. The third-order valence-corrected chi connectivity index (χ3v) is 5.25. The van der Waals surface area contributed by atoms with Gasteiger partial charge in [-0.25, -0.2) is 0 Å². The molecule has 6 nitrogen and oxygen atoms in total. The van der Waals surface area contributed by atoms with Gasteiger partial charge in [0.05, 0.1) is 11.0 Å². The number of alkyl halides is 6. The number of rotatable bonds is 2. The van der Waals surface area contributed by atoms with Gasteiger partial charge in [-0.05, 0) is 34.4 Å². The summed E-state index contributed by atoms with van der Waals surface area (Å²) in [7, 11) is 0. The van der Waals surface area contributed by atoms with Gasteiger partial charge in [0.1, 0.15) is 11.9 Å². The molecule has 0 unspecified atom stereocenters. The quantitative estimate of drug-likeness (QED) is 0.154. The van der Waals surface area contributed by atoms with Gasteiger partial charge in [-0.15, -0.1) is 0 Å². The summed E-state index contributed by atoms with van der Waals surface area (Å²) in [5.41, 5.74) is 6.65. The second kappa shape index (κ2) is 13.8. The number of carbonyl (C=O) groups is 2. The molecule has 5 rings (SSSR count). The molecule has 3 aromatic carbocycles. The van der Waals surface area contributed by atoms with E-state index < -0.39 is 24.3 Å². The second-order valence-electron chi connectivity index (χ2n) is 7.88. The molecule has 0 saturated heterocycles. The number of halogens is 6. The zero-order chi connectivity index (χ0) is 29.5. The summed E-state index contributed by atoms with van der Waals surface area (Å²) in [5.74, 6) is -6.01. The SMILES string of the molecule is O=C([O-])C(F)(F)F.O=C([O-])C(F)(F)F.[Pd+2].c1ccc(-c2ccnc3c2ccc2c(-c4ccccc4)ccnc23)cc1. The molecule has 0 aliphatic carbocycles. The molecule has 0 saturated carbocycles. The van der Waals surface area contributed by atoms with Gasteiger partial charge in [0, 0.05) is 23.2 Å². The van der Waals surface area contributed by atoms with E-state index in [1.807, 2.05) is 24.5 Å². The van der Waals surface area contributed by atoms with E-state index >= 15 is 0 Å². The van der Waals surface area contributed by atoms with Crippen molar-refractivity contribution in [3.8, 4) is 22.3 Å². The minimum atomic E-state index is -5.19. The van der Waals surface area contributed by atoms with Crippen LogP contribution in [0.2, 0.25) is 0 Å². The Morgan fingerprint density at radius 1 is 0.537 bits per heavy atom. The monoisotopic (exact) mass is 664 g/mol. The number of fused-ring (bicyclic) bond motifs is 3. The van der Waals surface area contributed by atoms with Crippen molar-refractivity contribution in [2.24, 2.45) is 0 Å². The van der Waals surface area contributed by atoms with Crippen molar-refractivity contribution in [3.05, 3.63) is 97.3 Å². The van der Waals surface area contributed by atoms with E-state index in [0.717, 1.165) is 21.8 Å². The Labute approximate surface area is 242 Å². The van der Waals surface area contributed by atoms with Crippen molar-refractivity contribution in [2.75, 3.05) is 0 Å². The molecule has 0 atom stereocenters. The number of hydrogen-bond acceptors (Lipinski definition) is 6. The number of hydrogen-bond donors (Lipinski definition) is 0. The van der Waals surface area contributed by atoms with Crippen LogP contribution in [0, 0.1) is 0 Å². The molecule has 0 spiro atoms. The summed E-state index contributed by atoms with van der Waals surface area (Å²) < 4.78 is 63.1. The van der Waals surface area contributed by atoms with E-state index in [4.69, 9.17) is 19.8 Å². The number of nitrogens with zero attached hydrogens (tertiary/aromatic N) is 2. The van der Waals surface area contributed by atoms with Gasteiger partial charge < -0.3 is 19.8 Å². The van der Waals surface area contributed by atoms with Crippen molar-refractivity contribution in [2.45, 2.75) is 12.4 Å². The van der Waals surface area contributed by atoms with Crippen LogP contribution in [0.5, 0.6) is 0 Å². The minimum Gasteiger partial charge on any atom is -0.542 e. The third-order valence-electron chi connectivity index (χ3n) is 5.25. The zero-order valence-electron chi connectivity index (χ0n) is 20.3. The van der Waals surface area contributed by atoms with Crippen molar-refractivity contribution in [3.63, 3.8) is 0 Å². The first-order valence-electron chi connectivity index (χ1n) is 11.1. The predicted octanol–water partition coefficient (Wildman–Crippen LogP) is 4.71. The predicted molar refractivity (Wildman–Crippen MR) is 130 cm³/mol. The Hall–Kier alpha value is -4.34. The van der Waals surface area contributed by atoms with Crippen molar-refractivity contribution in [1.29, 1.82) is 0 Å². The van der Waals surface area contributed by atoms with E-state index in [1.54, 1.807) is 0 Å². The van der Waals surface area contributed by atoms with Crippen molar-refractivity contribution in [1.82, 2.24) is 9.97 Å². The molecule has 2 aromatic heterocycles. The summed E-state index contributed by atoms with van der Waals surface area (Å²) >= 11 is 0. The molecular formula is C28H16F6N2O4Pd. The first kappa shape index (κ1) is 32.9. The smallest absolute Gasteiger partial charge is 0.542 e. The number of aromatic nitrogens is 2. The van der Waals surface area contributed by atoms with Gasteiger partial charge in [0.2, 0.25) is 0 Å². The van der Waals surface area contributed by atoms with Gasteiger partial charge in [0.25, 0.3) is 0 Å². The van der Waals surface area contributed by atoms with Crippen LogP contribution in [0.4, 0.5) is 26.3 Å². The molecule has 0 N–H and O–H groups in total. The molecule has 0 radical (unpaired) electrons. The van der Waals surface area contributed by atoms with Gasteiger partial charge in [0.15, 0.2) is 0 Å². The Balaban J connectivity index is 0.000000329. The van der Waals surface area contributed by atoms with E-state index in [-0.39, 0.29) is 20.4 Å². The fourth-order valence-corrected chi connectivity index (χ4v) is 3.57. The third kappa shape index (κ3) is 8.57. The fraction of sp³-hybridized carbons (Fsp3) is 0.0714. The first-order chi connectivity index (χ1) is 18.8. The summed E-state index contributed by atoms with van der Waals surface area (Å²) in [6, 6.07) is 29.3. The standard InChI is InChI=1S/C24H16N2.2C2HF3O2.Pd/c1-3-7-17(8-4-1)19-13-15-25-23-21(19)11-12-22-20(14-16-26-24(22)23)18-9-5-2-6-10-18;2*3-2(4,5)1(6)7;/h1-16H;2*(H,6,7);/q;;;+2/p-2. The maximum Gasteiger partial charge on any atom is 2.00 e. The Bertz CT molecular complexity index is 1510. The number of aliphatic carboxylic acids is 2. The van der Waals surface area contributed by atoms with Crippen LogP contribution >= 0.6 is 0 Å². The van der Waals surface area contributed by atoms with Crippen LogP contribution in [0.1, 0.15) is 0 Å². The fourth-order valence-electron chi connectivity index (χ4n) is 3.57. The van der Waals surface area contributed by atoms with Crippen molar-refractivity contribution < 1.29 is 66.6 Å². The molecule has 0 fully saturated rings. The van der Waals surface area contributed by atoms with Crippen LogP contribution in [0.15, 0.2) is 97.3 Å². The molecule has 214 valence electrons. The first-order valence-corrected chi connectivity index (χ1v) is 11.1. The number of carboxylic acid groups (broad SMARTS) is 2. The van der Waals surface area contributed by atoms with Gasteiger partial charge in [-0.3, -0.25) is 9.97 Å². The molecular weight excluding hydrogens is 649 g/mol. The van der Waals surface area contributed by atoms with E-state index in [0.29, 0.717) is 0 Å². The number of pyridine rings is 2. The molecule has 0 bridgehead atoms. The largest absolute Gasteiger partial charge is 2.00 e. The Morgan fingerprint density at radius 3 is 1.10 bits per heavy atom. The average Bonchev–Trinajstić information content (AvgIpc) is 2.93. The van der Waals surface area contributed by atoms with Crippen LogP contribution in [-0.4, -0.2) is 34.3 Å². The molecule has 0 aliphatic rings. The normalized spacial score (nSPS) is 10.9. The Morgan fingerprint density at radius 2 is 0.829 bits per heavy atom. The minimum absolute atomic E-state index is 0. The molecule has 13 heteroatoms. The van der Waals surface area contributed by atoms with Gasteiger partial charge in [-0.1, -0.05) is 72.8 Å². The number of carbonyl (C=O) groups excluding carboxylic acids is 2. The molecule has 5 aromatic rings. The van der Waals surface area contributed by atoms with E-state index in [1.165, 1.54) is 22.3 Å². The van der Waals surface area contributed by atoms with E-state index in [2.05, 4.69) is 82.8 Å². The van der Waals surface area contributed by atoms with Gasteiger partial charge >= 0.3 is 32.8 Å². The average molecular weight is 665 g/mol. The van der Waals surface area contributed by atoms with Crippen LogP contribution < -0.4 is 10.2 Å². The summed E-state index contributed by atoms with van der Waals surface area (Å²) in [6.45, 7) is 0. The van der Waals surface area contributed by atoms with Crippen molar-refractivity contribution >= 4 is 33.7 Å². The van der Waals surface area contributed by atoms with Crippen LogP contribution in [0.3, 0.4) is 0 Å². The van der Waals surface area contributed by atoms with E-state index in [9.17, 15) is 26.3 Å². The maximum atomic E-state index is 10.5. The molecule has 2 heterocycles. The number of carboxylic acids is 2. The second-order valence-corrected chi connectivity index (χ2v) is 7.88. The molecule has 0 amide bonds. The summed E-state index contributed by atoms with van der Waals surface area (Å²) in [6.07, 6.45) is -6.64. The Kier molecular flexibility index (Phi) is 11.1. The molecule has 41 heavy (non-hydrogen) atoms. The maximum absolute atomic E-state index is 10.5. The summed E-state index contributed by atoms with van der Waals surface area (Å²) in [5, 5.41) is 19.8. The van der Waals surface area contributed by atoms with Gasteiger partial charge in [-0.2, -0.15) is 26.3 Å². The van der Waals surface area contributed by atoms with Crippen LogP contribution in [-0.2, 0) is 30.0 Å². The topological polar surface area (TPSA) is 106 Å². The zero-order valence-corrected chi connectivity index (χ0v) is 21.9. The summed E-state index contributed by atoms with van der Waals surface area (Å²) in [4.78, 5) is 26.9. The van der Waals surface area contributed by atoms with Crippen LogP contribution in [0.25, 0.3) is 44.1 Å².